The van der Waals surface area contributed by atoms with Gasteiger partial charge in [0.25, 0.3) is 5.91 Å². The number of rotatable bonds is 4. The van der Waals surface area contributed by atoms with Crippen LogP contribution in [0.2, 0.25) is 0 Å². The van der Waals surface area contributed by atoms with Gasteiger partial charge < -0.3 is 14.6 Å². The number of hydrogen-bond acceptors (Lipinski definition) is 3. The van der Waals surface area contributed by atoms with Gasteiger partial charge in [-0.15, -0.1) is 0 Å². The molecule has 0 spiro atoms. The molecule has 1 atom stereocenters. The van der Waals surface area contributed by atoms with Gasteiger partial charge in [0, 0.05) is 24.8 Å². The van der Waals surface area contributed by atoms with Crippen molar-refractivity contribution in [3.05, 3.63) is 54.0 Å². The summed E-state index contributed by atoms with van der Waals surface area (Å²) in [6.45, 7) is 3.78. The Morgan fingerprint density at radius 2 is 2.25 bits per heavy atom. The Balaban J connectivity index is 1.61. The third kappa shape index (κ3) is 2.41. The third-order valence-corrected chi connectivity index (χ3v) is 3.80. The molecule has 0 bridgehead atoms. The summed E-state index contributed by atoms with van der Waals surface area (Å²) in [5.41, 5.74) is 3.25. The average molecular weight is 270 g/mol. The minimum Gasteiger partial charge on any atom is -0.472 e. The van der Waals surface area contributed by atoms with Crippen LogP contribution in [0.15, 0.2) is 47.3 Å². The number of amides is 1. The van der Waals surface area contributed by atoms with Gasteiger partial charge >= 0.3 is 0 Å². The van der Waals surface area contributed by atoms with Crippen LogP contribution >= 0.6 is 0 Å². The fourth-order valence-electron chi connectivity index (χ4n) is 2.67. The minimum atomic E-state index is -0.0851. The van der Waals surface area contributed by atoms with Gasteiger partial charge in [-0.05, 0) is 31.0 Å². The molecule has 1 unspecified atom stereocenters. The van der Waals surface area contributed by atoms with Crippen molar-refractivity contribution in [3.63, 3.8) is 0 Å². The van der Waals surface area contributed by atoms with Crippen LogP contribution in [-0.2, 0) is 6.42 Å². The largest absolute Gasteiger partial charge is 0.472 e. The average Bonchev–Trinajstić information content (AvgIpc) is 3.13. The predicted molar refractivity (Wildman–Crippen MR) is 78.0 cm³/mol. The van der Waals surface area contributed by atoms with E-state index in [2.05, 4.69) is 41.4 Å². The molecule has 1 aliphatic rings. The molecule has 2 aromatic rings. The smallest absolute Gasteiger partial charge is 0.254 e. The van der Waals surface area contributed by atoms with Gasteiger partial charge in [-0.3, -0.25) is 4.79 Å². The first-order valence-electron chi connectivity index (χ1n) is 6.90. The molecule has 3 rings (SSSR count). The SMILES string of the molecule is CC(CNC(=O)c1ccoc1)N1CCc2ccccc21. The number of fused-ring (bicyclic) bond motifs is 1. The topological polar surface area (TPSA) is 45.5 Å². The van der Waals surface area contributed by atoms with E-state index in [1.165, 1.54) is 23.8 Å². The quantitative estimate of drug-likeness (QED) is 0.928. The molecule has 1 amide bonds. The highest BCUT2D eigenvalue weighted by Gasteiger charge is 2.23. The van der Waals surface area contributed by atoms with Gasteiger partial charge in [0.2, 0.25) is 0 Å². The number of benzene rings is 1. The number of furan rings is 1. The first kappa shape index (κ1) is 12.8. The highest BCUT2D eigenvalue weighted by Crippen LogP contribution is 2.28. The maximum atomic E-state index is 11.9. The Bertz CT molecular complexity index is 592. The number of nitrogens with one attached hydrogen (secondary N) is 1. The van der Waals surface area contributed by atoms with Crippen LogP contribution in [0.1, 0.15) is 22.8 Å². The summed E-state index contributed by atoms with van der Waals surface area (Å²) in [4.78, 5) is 14.2. The maximum Gasteiger partial charge on any atom is 0.254 e. The molecule has 104 valence electrons. The van der Waals surface area contributed by atoms with Gasteiger partial charge in [0.05, 0.1) is 11.8 Å². The van der Waals surface area contributed by atoms with Crippen LogP contribution in [0.5, 0.6) is 0 Å². The number of carbonyl (C=O) groups excluding carboxylic acids is 1. The van der Waals surface area contributed by atoms with Crippen LogP contribution in [0.3, 0.4) is 0 Å². The molecule has 0 radical (unpaired) electrons. The monoisotopic (exact) mass is 270 g/mol. The van der Waals surface area contributed by atoms with Crippen molar-refractivity contribution >= 4 is 11.6 Å². The van der Waals surface area contributed by atoms with Crippen molar-refractivity contribution in [2.75, 3.05) is 18.0 Å². The van der Waals surface area contributed by atoms with E-state index in [1.54, 1.807) is 6.07 Å². The summed E-state index contributed by atoms with van der Waals surface area (Å²) in [7, 11) is 0. The molecular formula is C16H18N2O2. The van der Waals surface area contributed by atoms with Gasteiger partial charge in [-0.25, -0.2) is 0 Å². The van der Waals surface area contributed by atoms with E-state index >= 15 is 0 Å². The summed E-state index contributed by atoms with van der Waals surface area (Å²) >= 11 is 0. The lowest BCUT2D eigenvalue weighted by molar-refractivity contribution is 0.0951. The molecule has 0 saturated heterocycles. The van der Waals surface area contributed by atoms with Gasteiger partial charge in [-0.1, -0.05) is 18.2 Å². The Morgan fingerprint density at radius 1 is 1.40 bits per heavy atom. The molecule has 1 aromatic carbocycles. The summed E-state index contributed by atoms with van der Waals surface area (Å²) in [5, 5.41) is 2.95. The molecule has 20 heavy (non-hydrogen) atoms. The second kappa shape index (κ2) is 5.41. The molecule has 0 fully saturated rings. The lowest BCUT2D eigenvalue weighted by atomic mass is 10.2. The van der Waals surface area contributed by atoms with E-state index in [1.807, 2.05) is 0 Å². The van der Waals surface area contributed by atoms with Gasteiger partial charge in [0.15, 0.2) is 0 Å². The molecular weight excluding hydrogens is 252 g/mol. The van der Waals surface area contributed by atoms with Crippen molar-refractivity contribution in [1.82, 2.24) is 5.32 Å². The van der Waals surface area contributed by atoms with E-state index in [4.69, 9.17) is 4.42 Å². The normalized spacial score (nSPS) is 14.9. The van der Waals surface area contributed by atoms with Crippen molar-refractivity contribution < 1.29 is 9.21 Å². The number of nitrogens with zero attached hydrogens (tertiary/aromatic N) is 1. The molecule has 0 saturated carbocycles. The maximum absolute atomic E-state index is 11.9. The van der Waals surface area contributed by atoms with Crippen molar-refractivity contribution in [2.45, 2.75) is 19.4 Å². The molecule has 4 heteroatoms. The number of carbonyl (C=O) groups is 1. The van der Waals surface area contributed by atoms with Crippen LogP contribution in [0.25, 0.3) is 0 Å². The van der Waals surface area contributed by atoms with E-state index in [0.29, 0.717) is 12.1 Å². The van der Waals surface area contributed by atoms with E-state index in [9.17, 15) is 4.79 Å². The summed E-state index contributed by atoms with van der Waals surface area (Å²) in [6.07, 6.45) is 4.05. The van der Waals surface area contributed by atoms with E-state index < -0.39 is 0 Å². The van der Waals surface area contributed by atoms with Crippen molar-refractivity contribution in [1.29, 1.82) is 0 Å². The lowest BCUT2D eigenvalue weighted by Crippen LogP contribution is -2.41. The Labute approximate surface area is 118 Å². The van der Waals surface area contributed by atoms with Gasteiger partial charge in [-0.2, -0.15) is 0 Å². The third-order valence-electron chi connectivity index (χ3n) is 3.80. The molecule has 1 aromatic heterocycles. The summed E-state index contributed by atoms with van der Waals surface area (Å²) < 4.78 is 4.92. The first-order chi connectivity index (χ1) is 9.75. The minimum absolute atomic E-state index is 0.0851. The predicted octanol–water partition coefficient (Wildman–Crippen LogP) is 2.46. The van der Waals surface area contributed by atoms with Crippen LogP contribution in [0.4, 0.5) is 5.69 Å². The molecule has 0 aliphatic carbocycles. The zero-order chi connectivity index (χ0) is 13.9. The Kier molecular flexibility index (Phi) is 3.46. The number of anilines is 1. The highest BCUT2D eigenvalue weighted by atomic mass is 16.3. The zero-order valence-corrected chi connectivity index (χ0v) is 11.5. The summed E-state index contributed by atoms with van der Waals surface area (Å²) in [6, 6.07) is 10.4. The van der Waals surface area contributed by atoms with E-state index in [0.717, 1.165) is 13.0 Å². The second-order valence-corrected chi connectivity index (χ2v) is 5.14. The van der Waals surface area contributed by atoms with E-state index in [-0.39, 0.29) is 11.9 Å². The van der Waals surface area contributed by atoms with Crippen LogP contribution in [0, 0.1) is 0 Å². The van der Waals surface area contributed by atoms with Crippen LogP contribution in [-0.4, -0.2) is 25.0 Å². The number of para-hydroxylation sites is 1. The fourth-order valence-corrected chi connectivity index (χ4v) is 2.67. The molecule has 1 N–H and O–H groups in total. The Hall–Kier alpha value is -2.23. The zero-order valence-electron chi connectivity index (χ0n) is 11.5. The summed E-state index contributed by atoms with van der Waals surface area (Å²) in [5.74, 6) is -0.0851. The molecule has 4 nitrogen and oxygen atoms in total. The Morgan fingerprint density at radius 3 is 3.05 bits per heavy atom. The number of hydrogen-bond donors (Lipinski definition) is 1. The molecule has 1 aliphatic heterocycles. The first-order valence-corrected chi connectivity index (χ1v) is 6.90. The standard InChI is InChI=1S/C16H18N2O2/c1-12(10-17-16(19)14-7-9-20-11-14)18-8-6-13-4-2-3-5-15(13)18/h2-5,7,9,11-12H,6,8,10H2,1H3,(H,17,19). The lowest BCUT2D eigenvalue weighted by Gasteiger charge is -2.27. The highest BCUT2D eigenvalue weighted by molar-refractivity contribution is 5.93. The molecule has 2 heterocycles. The van der Waals surface area contributed by atoms with Crippen molar-refractivity contribution in [2.24, 2.45) is 0 Å². The van der Waals surface area contributed by atoms with Crippen LogP contribution < -0.4 is 10.2 Å². The van der Waals surface area contributed by atoms with Gasteiger partial charge in [0.1, 0.15) is 6.26 Å². The fraction of sp³-hybridized carbons (Fsp3) is 0.312. The van der Waals surface area contributed by atoms with Crippen molar-refractivity contribution in [3.8, 4) is 0 Å². The second-order valence-electron chi connectivity index (χ2n) is 5.14.